The second-order valence-corrected chi connectivity index (χ2v) is 2.88. The van der Waals surface area contributed by atoms with Crippen LogP contribution < -0.4 is 0 Å². The third kappa shape index (κ3) is 3.57. The van der Waals surface area contributed by atoms with Gasteiger partial charge >= 0.3 is 0 Å². The molecule has 0 aromatic heterocycles. The molecule has 0 fully saturated rings. The molecule has 0 saturated carbocycles. The Bertz CT molecular complexity index is 90.9. The van der Waals surface area contributed by atoms with Crippen LogP contribution in [-0.4, -0.2) is 11.4 Å². The van der Waals surface area contributed by atoms with Crippen molar-refractivity contribution in [2.45, 2.75) is 25.1 Å². The predicted molar refractivity (Wildman–Crippen MR) is 43.8 cm³/mol. The van der Waals surface area contributed by atoms with Gasteiger partial charge in [-0.3, -0.25) is 0 Å². The summed E-state index contributed by atoms with van der Waals surface area (Å²) in [5, 5.41) is 0. The summed E-state index contributed by atoms with van der Waals surface area (Å²) in [4.78, 5) is 0.317. The van der Waals surface area contributed by atoms with Crippen LogP contribution in [0.3, 0.4) is 0 Å². The maximum Gasteiger partial charge on any atom is 0.102 e. The van der Waals surface area contributed by atoms with Crippen LogP contribution in [0, 0.1) is 0 Å². The van der Waals surface area contributed by atoms with Crippen molar-refractivity contribution in [1.29, 1.82) is 0 Å². The largest absolute Gasteiger partial charge is 0.498 e. The molecule has 0 aromatic rings. The molecule has 54 valence electrons. The van der Waals surface area contributed by atoms with Crippen LogP contribution in [0.25, 0.3) is 0 Å². The number of alkyl halides is 1. The molecule has 0 aliphatic heterocycles. The van der Waals surface area contributed by atoms with Gasteiger partial charge in [-0.05, 0) is 13.3 Å². The molecule has 1 unspecified atom stereocenters. The Kier molecular flexibility index (Phi) is 4.87. The van der Waals surface area contributed by atoms with Crippen LogP contribution in [0.1, 0.15) is 20.3 Å². The highest BCUT2D eigenvalue weighted by Gasteiger charge is 2.04. The van der Waals surface area contributed by atoms with Crippen LogP contribution in [0.15, 0.2) is 12.3 Å². The Morgan fingerprint density at radius 3 is 2.56 bits per heavy atom. The van der Waals surface area contributed by atoms with Gasteiger partial charge in [-0.15, -0.1) is 0 Å². The number of hydrogen-bond acceptors (Lipinski definition) is 1. The Morgan fingerprint density at radius 1 is 1.67 bits per heavy atom. The molecule has 2 heteroatoms. The van der Waals surface area contributed by atoms with Gasteiger partial charge in [-0.25, -0.2) is 0 Å². The Balaban J connectivity index is 3.46. The van der Waals surface area contributed by atoms with Gasteiger partial charge < -0.3 is 4.74 Å². The van der Waals surface area contributed by atoms with E-state index in [0.717, 1.165) is 12.2 Å². The fourth-order valence-corrected chi connectivity index (χ4v) is 0.636. The minimum Gasteiger partial charge on any atom is -0.498 e. The Hall–Kier alpha value is 0.0200. The standard InChI is InChI=1S/C7H13BrO/c1-4-7(8)6(3)9-5-2/h7H,3-5H2,1-2H3. The molecule has 0 spiro atoms. The van der Waals surface area contributed by atoms with E-state index in [-0.39, 0.29) is 0 Å². The first-order valence-electron chi connectivity index (χ1n) is 3.18. The van der Waals surface area contributed by atoms with Gasteiger partial charge in [-0.2, -0.15) is 0 Å². The highest BCUT2D eigenvalue weighted by Crippen LogP contribution is 2.14. The van der Waals surface area contributed by atoms with E-state index in [1.165, 1.54) is 0 Å². The highest BCUT2D eigenvalue weighted by atomic mass is 79.9. The van der Waals surface area contributed by atoms with Crippen molar-refractivity contribution in [2.24, 2.45) is 0 Å². The summed E-state index contributed by atoms with van der Waals surface area (Å²) >= 11 is 3.42. The highest BCUT2D eigenvalue weighted by molar-refractivity contribution is 9.09. The lowest BCUT2D eigenvalue weighted by atomic mass is 10.3. The monoisotopic (exact) mass is 192 g/mol. The van der Waals surface area contributed by atoms with E-state index < -0.39 is 0 Å². The van der Waals surface area contributed by atoms with Crippen LogP contribution in [0.5, 0.6) is 0 Å². The zero-order valence-electron chi connectivity index (χ0n) is 5.98. The number of allylic oxidation sites excluding steroid dienone is 1. The third-order valence-corrected chi connectivity index (χ3v) is 2.20. The summed E-state index contributed by atoms with van der Waals surface area (Å²) in [6, 6.07) is 0. The molecule has 0 heterocycles. The zero-order valence-corrected chi connectivity index (χ0v) is 7.57. The van der Waals surface area contributed by atoms with Gasteiger partial charge in [0.1, 0.15) is 5.76 Å². The maximum absolute atomic E-state index is 5.15. The van der Waals surface area contributed by atoms with E-state index >= 15 is 0 Å². The molecular formula is C7H13BrO. The second-order valence-electron chi connectivity index (χ2n) is 1.78. The van der Waals surface area contributed by atoms with Crippen molar-refractivity contribution in [3.05, 3.63) is 12.3 Å². The Labute approximate surface area is 65.2 Å². The smallest absolute Gasteiger partial charge is 0.102 e. The molecule has 0 saturated heterocycles. The predicted octanol–water partition coefficient (Wildman–Crippen LogP) is 2.71. The van der Waals surface area contributed by atoms with Crippen LogP contribution in [-0.2, 0) is 4.74 Å². The van der Waals surface area contributed by atoms with E-state index in [0.29, 0.717) is 11.4 Å². The first kappa shape index (κ1) is 9.02. The van der Waals surface area contributed by atoms with Crippen molar-refractivity contribution in [1.82, 2.24) is 0 Å². The fraction of sp³-hybridized carbons (Fsp3) is 0.714. The van der Waals surface area contributed by atoms with E-state index in [2.05, 4.69) is 29.4 Å². The molecule has 0 aliphatic carbocycles. The van der Waals surface area contributed by atoms with Crippen molar-refractivity contribution in [2.75, 3.05) is 6.61 Å². The molecule has 0 amide bonds. The quantitative estimate of drug-likeness (QED) is 0.492. The SMILES string of the molecule is C=C(OCC)C(Br)CC. The molecule has 0 rings (SSSR count). The molecule has 0 radical (unpaired) electrons. The lowest BCUT2D eigenvalue weighted by molar-refractivity contribution is 0.223. The molecule has 0 bridgehead atoms. The van der Waals surface area contributed by atoms with E-state index in [9.17, 15) is 0 Å². The van der Waals surface area contributed by atoms with Gasteiger partial charge in [0, 0.05) is 0 Å². The third-order valence-electron chi connectivity index (χ3n) is 1.04. The minimum absolute atomic E-state index is 0.317. The van der Waals surface area contributed by atoms with Crippen molar-refractivity contribution < 1.29 is 4.74 Å². The molecule has 0 N–H and O–H groups in total. The number of halogens is 1. The van der Waals surface area contributed by atoms with Crippen LogP contribution >= 0.6 is 15.9 Å². The minimum atomic E-state index is 0.317. The number of rotatable bonds is 4. The van der Waals surface area contributed by atoms with Gasteiger partial charge in [0.2, 0.25) is 0 Å². The van der Waals surface area contributed by atoms with E-state index in [1.807, 2.05) is 6.92 Å². The van der Waals surface area contributed by atoms with E-state index in [4.69, 9.17) is 4.74 Å². The van der Waals surface area contributed by atoms with Crippen LogP contribution in [0.2, 0.25) is 0 Å². The molecule has 9 heavy (non-hydrogen) atoms. The lowest BCUT2D eigenvalue weighted by Gasteiger charge is -2.10. The maximum atomic E-state index is 5.15. The number of ether oxygens (including phenoxy) is 1. The van der Waals surface area contributed by atoms with Crippen molar-refractivity contribution in [3.8, 4) is 0 Å². The average Bonchev–Trinajstić information content (AvgIpc) is 1.87. The fourth-order valence-electron chi connectivity index (χ4n) is 0.503. The van der Waals surface area contributed by atoms with Gasteiger partial charge in [0.05, 0.1) is 11.4 Å². The number of hydrogen-bond donors (Lipinski definition) is 0. The molecule has 1 atom stereocenters. The lowest BCUT2D eigenvalue weighted by Crippen LogP contribution is -2.02. The summed E-state index contributed by atoms with van der Waals surface area (Å²) in [6.45, 7) is 8.50. The molecule has 0 aliphatic rings. The average molecular weight is 193 g/mol. The van der Waals surface area contributed by atoms with Crippen LogP contribution in [0.4, 0.5) is 0 Å². The summed E-state index contributed by atoms with van der Waals surface area (Å²) in [6.07, 6.45) is 1.03. The van der Waals surface area contributed by atoms with Crippen molar-refractivity contribution >= 4 is 15.9 Å². The summed E-state index contributed by atoms with van der Waals surface area (Å²) in [5.41, 5.74) is 0. The van der Waals surface area contributed by atoms with E-state index in [1.54, 1.807) is 0 Å². The normalized spacial score (nSPS) is 12.8. The molecule has 1 nitrogen and oxygen atoms in total. The summed E-state index contributed by atoms with van der Waals surface area (Å²) in [5.74, 6) is 0.833. The first-order valence-corrected chi connectivity index (χ1v) is 4.09. The van der Waals surface area contributed by atoms with Gasteiger partial charge in [0.25, 0.3) is 0 Å². The first-order chi connectivity index (χ1) is 4.22. The van der Waals surface area contributed by atoms with Gasteiger partial charge in [0.15, 0.2) is 0 Å². The second kappa shape index (κ2) is 4.86. The molecular weight excluding hydrogens is 180 g/mol. The summed E-state index contributed by atoms with van der Waals surface area (Å²) < 4.78 is 5.15. The summed E-state index contributed by atoms with van der Waals surface area (Å²) in [7, 11) is 0. The molecule has 0 aromatic carbocycles. The zero-order chi connectivity index (χ0) is 7.28. The Morgan fingerprint density at radius 2 is 2.22 bits per heavy atom. The topological polar surface area (TPSA) is 9.23 Å². The van der Waals surface area contributed by atoms with Crippen molar-refractivity contribution in [3.63, 3.8) is 0 Å². The van der Waals surface area contributed by atoms with Gasteiger partial charge in [-0.1, -0.05) is 29.4 Å².